The van der Waals surface area contributed by atoms with E-state index in [9.17, 15) is 5.26 Å². The first-order valence-corrected chi connectivity index (χ1v) is 9.68. The Hall–Kier alpha value is -2.31. The number of fused-ring (bicyclic) bond motifs is 1. The lowest BCUT2D eigenvalue weighted by molar-refractivity contribution is 0.197. The summed E-state index contributed by atoms with van der Waals surface area (Å²) in [6.45, 7) is 2.39. The summed E-state index contributed by atoms with van der Waals surface area (Å²) in [5, 5.41) is 11.5. The first-order chi connectivity index (χ1) is 12.2. The number of pyridine rings is 1. The van der Waals surface area contributed by atoms with Gasteiger partial charge in [-0.2, -0.15) is 5.26 Å². The molecule has 0 N–H and O–H groups in total. The number of nitrogens with zero attached hydrogens (tertiary/aromatic N) is 2. The van der Waals surface area contributed by atoms with Gasteiger partial charge < -0.3 is 0 Å². The van der Waals surface area contributed by atoms with Crippen LogP contribution in [0, 0.1) is 16.7 Å². The molecule has 1 aliphatic carbocycles. The lowest BCUT2D eigenvalue weighted by atomic mass is 9.72. The van der Waals surface area contributed by atoms with Crippen LogP contribution >= 0.6 is 11.8 Å². The van der Waals surface area contributed by atoms with Crippen molar-refractivity contribution >= 4 is 22.5 Å². The van der Waals surface area contributed by atoms with Gasteiger partial charge in [-0.25, -0.2) is 0 Å². The maximum absolute atomic E-state index is 9.39. The van der Waals surface area contributed by atoms with E-state index in [1.165, 1.54) is 24.2 Å². The van der Waals surface area contributed by atoms with E-state index in [1.807, 2.05) is 48.4 Å². The van der Waals surface area contributed by atoms with Crippen LogP contribution in [0.25, 0.3) is 21.9 Å². The highest BCUT2D eigenvalue weighted by atomic mass is 32.2. The van der Waals surface area contributed by atoms with Crippen molar-refractivity contribution in [3.63, 3.8) is 0 Å². The first-order valence-electron chi connectivity index (χ1n) is 8.69. The third-order valence-electron chi connectivity index (χ3n) is 5.25. The van der Waals surface area contributed by atoms with Crippen molar-refractivity contribution < 1.29 is 0 Å². The van der Waals surface area contributed by atoms with E-state index in [1.54, 1.807) is 0 Å². The molecule has 2 nitrogen and oxygen atoms in total. The van der Waals surface area contributed by atoms with E-state index in [4.69, 9.17) is 0 Å². The third-order valence-corrected chi connectivity index (χ3v) is 6.76. The average molecular weight is 344 g/mol. The molecule has 0 amide bonds. The lowest BCUT2D eigenvalue weighted by Gasteiger charge is -2.38. The van der Waals surface area contributed by atoms with Crippen LogP contribution in [0.3, 0.4) is 0 Å². The monoisotopic (exact) mass is 344 g/mol. The fourth-order valence-corrected chi connectivity index (χ4v) is 4.79. The molecule has 0 unspecified atom stereocenters. The molecule has 0 atom stereocenters. The topological polar surface area (TPSA) is 36.7 Å². The van der Waals surface area contributed by atoms with Gasteiger partial charge in [0.15, 0.2) is 0 Å². The van der Waals surface area contributed by atoms with Crippen molar-refractivity contribution in [1.82, 2.24) is 4.98 Å². The summed E-state index contributed by atoms with van der Waals surface area (Å²) in [5.74, 6) is 1.15. The molecule has 2 aromatic carbocycles. The fourth-order valence-electron chi connectivity index (χ4n) is 3.52. The van der Waals surface area contributed by atoms with Gasteiger partial charge in [0.05, 0.1) is 11.6 Å². The van der Waals surface area contributed by atoms with Crippen molar-refractivity contribution in [2.75, 3.05) is 5.75 Å². The summed E-state index contributed by atoms with van der Waals surface area (Å²) < 4.78 is 0. The number of hydrogen-bond donors (Lipinski definition) is 0. The normalized spacial score (nSPS) is 15.5. The molecular weight excluding hydrogens is 324 g/mol. The lowest BCUT2D eigenvalue weighted by Crippen LogP contribution is -2.27. The van der Waals surface area contributed by atoms with Gasteiger partial charge in [-0.05, 0) is 41.3 Å². The highest BCUT2D eigenvalue weighted by Crippen LogP contribution is 2.45. The highest BCUT2D eigenvalue weighted by molar-refractivity contribution is 7.99. The Kier molecular flexibility index (Phi) is 4.23. The minimum Gasteiger partial charge on any atom is -0.264 e. The molecule has 25 heavy (non-hydrogen) atoms. The summed E-state index contributed by atoms with van der Waals surface area (Å²) in [7, 11) is 0. The predicted molar refractivity (Wildman–Crippen MR) is 105 cm³/mol. The second-order valence-corrected chi connectivity index (χ2v) is 8.16. The molecule has 1 aromatic heterocycles. The number of nitriles is 1. The Morgan fingerprint density at radius 1 is 1.08 bits per heavy atom. The van der Waals surface area contributed by atoms with Crippen LogP contribution in [0.4, 0.5) is 0 Å². The SMILES string of the molecule is CC1(CSc2ccncc2-c2ccc(C#N)c3ccccc23)CCC1. The van der Waals surface area contributed by atoms with Crippen LogP contribution in [0.15, 0.2) is 59.8 Å². The van der Waals surface area contributed by atoms with Crippen LogP contribution in [-0.4, -0.2) is 10.7 Å². The fraction of sp³-hybridized carbons (Fsp3) is 0.273. The number of aromatic nitrogens is 1. The van der Waals surface area contributed by atoms with Gasteiger partial charge in [-0.15, -0.1) is 11.8 Å². The zero-order valence-electron chi connectivity index (χ0n) is 14.3. The van der Waals surface area contributed by atoms with Crippen molar-refractivity contribution in [3.8, 4) is 17.2 Å². The van der Waals surface area contributed by atoms with Crippen LogP contribution < -0.4 is 0 Å². The second kappa shape index (κ2) is 6.54. The van der Waals surface area contributed by atoms with E-state index in [0.29, 0.717) is 5.41 Å². The Morgan fingerprint density at radius 3 is 2.60 bits per heavy atom. The number of thioether (sulfide) groups is 1. The Morgan fingerprint density at radius 2 is 1.88 bits per heavy atom. The minimum atomic E-state index is 0.484. The predicted octanol–water partition coefficient (Wildman–Crippen LogP) is 6.06. The van der Waals surface area contributed by atoms with Gasteiger partial charge in [0, 0.05) is 34.0 Å². The average Bonchev–Trinajstić information content (AvgIpc) is 2.64. The molecule has 1 aliphatic rings. The minimum absolute atomic E-state index is 0.484. The van der Waals surface area contributed by atoms with Gasteiger partial charge in [0.25, 0.3) is 0 Å². The smallest absolute Gasteiger partial charge is 0.0998 e. The molecule has 0 aliphatic heterocycles. The molecule has 0 bridgehead atoms. The Bertz CT molecular complexity index is 967. The number of hydrogen-bond acceptors (Lipinski definition) is 3. The van der Waals surface area contributed by atoms with E-state index in [2.05, 4.69) is 36.2 Å². The van der Waals surface area contributed by atoms with Crippen LogP contribution in [0.1, 0.15) is 31.7 Å². The summed E-state index contributed by atoms with van der Waals surface area (Å²) >= 11 is 1.94. The standard InChI is InChI=1S/C22H20N2S/c1-22(10-4-11-22)15-25-21-9-12-24-14-20(21)19-8-7-16(13-23)17-5-2-3-6-18(17)19/h2-3,5-9,12,14H,4,10-11,15H2,1H3. The van der Waals surface area contributed by atoms with Gasteiger partial charge in [-0.3, -0.25) is 4.98 Å². The highest BCUT2D eigenvalue weighted by Gasteiger charge is 2.31. The van der Waals surface area contributed by atoms with Crippen molar-refractivity contribution in [3.05, 3.63) is 60.4 Å². The van der Waals surface area contributed by atoms with E-state index < -0.39 is 0 Å². The molecule has 0 radical (unpaired) electrons. The summed E-state index contributed by atoms with van der Waals surface area (Å²) in [6, 6.07) is 16.6. The molecule has 3 aromatic rings. The van der Waals surface area contributed by atoms with Crippen molar-refractivity contribution in [2.24, 2.45) is 5.41 Å². The molecule has 1 heterocycles. The van der Waals surface area contributed by atoms with E-state index >= 15 is 0 Å². The van der Waals surface area contributed by atoms with E-state index in [-0.39, 0.29) is 0 Å². The number of rotatable bonds is 4. The van der Waals surface area contributed by atoms with Crippen LogP contribution in [0.2, 0.25) is 0 Å². The molecule has 1 saturated carbocycles. The van der Waals surface area contributed by atoms with Gasteiger partial charge in [0.2, 0.25) is 0 Å². The van der Waals surface area contributed by atoms with Crippen LogP contribution in [0.5, 0.6) is 0 Å². The first kappa shape index (κ1) is 16.2. The van der Waals surface area contributed by atoms with Gasteiger partial charge >= 0.3 is 0 Å². The third kappa shape index (κ3) is 3.03. The number of benzene rings is 2. The summed E-state index contributed by atoms with van der Waals surface area (Å²) in [4.78, 5) is 5.65. The van der Waals surface area contributed by atoms with Gasteiger partial charge in [0.1, 0.15) is 0 Å². The zero-order chi connectivity index (χ0) is 17.3. The Labute approximate surface area is 152 Å². The van der Waals surface area contributed by atoms with E-state index in [0.717, 1.165) is 33.2 Å². The molecule has 124 valence electrons. The van der Waals surface area contributed by atoms with Crippen molar-refractivity contribution in [1.29, 1.82) is 5.26 Å². The Balaban J connectivity index is 1.78. The molecule has 0 saturated heterocycles. The summed E-state index contributed by atoms with van der Waals surface area (Å²) in [5.41, 5.74) is 3.53. The van der Waals surface area contributed by atoms with Gasteiger partial charge in [-0.1, -0.05) is 43.7 Å². The molecule has 4 rings (SSSR count). The summed E-state index contributed by atoms with van der Waals surface area (Å²) in [6.07, 6.45) is 7.86. The van der Waals surface area contributed by atoms with Crippen molar-refractivity contribution in [2.45, 2.75) is 31.1 Å². The second-order valence-electron chi connectivity index (χ2n) is 7.14. The maximum Gasteiger partial charge on any atom is 0.0998 e. The van der Waals surface area contributed by atoms with Crippen LogP contribution in [-0.2, 0) is 0 Å². The zero-order valence-corrected chi connectivity index (χ0v) is 15.1. The maximum atomic E-state index is 9.39. The molecule has 3 heteroatoms. The largest absolute Gasteiger partial charge is 0.264 e. The molecule has 1 fully saturated rings. The molecule has 0 spiro atoms. The quantitative estimate of drug-likeness (QED) is 0.540. The molecular formula is C22H20N2S.